The Bertz CT molecular complexity index is 1330. The van der Waals surface area contributed by atoms with Crippen molar-refractivity contribution in [3.05, 3.63) is 53.9 Å². The van der Waals surface area contributed by atoms with Gasteiger partial charge in [-0.3, -0.25) is 19.3 Å². The van der Waals surface area contributed by atoms with Crippen molar-refractivity contribution >= 4 is 23.8 Å². The Morgan fingerprint density at radius 1 is 1.16 bits per heavy atom. The third-order valence-electron chi connectivity index (χ3n) is 7.93. The van der Waals surface area contributed by atoms with Crippen LogP contribution >= 0.6 is 0 Å². The number of benzene rings is 1. The van der Waals surface area contributed by atoms with Crippen LogP contribution in [-0.2, 0) is 32.5 Å². The standard InChI is InChI=1S/C32H47FN6O6/c1-21(37(7)31(43)45-32(3,4)5)28(40)35-27(22(2)44-8)30(42)39-16-9-10-25(39)18-38(29(41)26-19-36(6)20-34-26)17-15-23-11-13-24(33)14-12-23/h11-14,19-22,25,27H,9-10,15-18H2,1-8H3,(H,35,40)/t21-,22+,25-,27-/m0/s1. The van der Waals surface area contributed by atoms with Gasteiger partial charge < -0.3 is 29.2 Å². The van der Waals surface area contributed by atoms with Crippen molar-refractivity contribution in [3.63, 3.8) is 0 Å². The van der Waals surface area contributed by atoms with Crippen LogP contribution in [0.2, 0.25) is 0 Å². The summed E-state index contributed by atoms with van der Waals surface area (Å²) in [6, 6.07) is 3.87. The Hall–Kier alpha value is -4.00. The Balaban J connectivity index is 1.77. The fourth-order valence-electron chi connectivity index (χ4n) is 5.08. The van der Waals surface area contributed by atoms with Crippen molar-refractivity contribution < 1.29 is 33.0 Å². The van der Waals surface area contributed by atoms with Gasteiger partial charge in [0.1, 0.15) is 29.2 Å². The van der Waals surface area contributed by atoms with E-state index in [1.807, 2.05) is 0 Å². The van der Waals surface area contributed by atoms with Crippen LogP contribution < -0.4 is 5.32 Å². The van der Waals surface area contributed by atoms with Gasteiger partial charge in [0, 0.05) is 53.1 Å². The van der Waals surface area contributed by atoms with Gasteiger partial charge in [-0.05, 0) is 71.6 Å². The second-order valence-corrected chi connectivity index (χ2v) is 12.6. The van der Waals surface area contributed by atoms with E-state index in [1.54, 1.807) is 80.7 Å². The Morgan fingerprint density at radius 2 is 1.82 bits per heavy atom. The number of likely N-dealkylation sites (N-methyl/N-ethyl adjacent to an activating group) is 1. The monoisotopic (exact) mass is 630 g/mol. The lowest BCUT2D eigenvalue weighted by Crippen LogP contribution is -2.59. The van der Waals surface area contributed by atoms with Crippen LogP contribution in [0.3, 0.4) is 0 Å². The number of halogens is 1. The van der Waals surface area contributed by atoms with Crippen LogP contribution in [-0.4, -0.2) is 112 Å². The molecule has 2 heterocycles. The van der Waals surface area contributed by atoms with E-state index in [4.69, 9.17) is 9.47 Å². The average molecular weight is 631 g/mol. The van der Waals surface area contributed by atoms with Gasteiger partial charge >= 0.3 is 6.09 Å². The molecule has 1 aliphatic rings. The number of hydrogen-bond acceptors (Lipinski definition) is 7. The van der Waals surface area contributed by atoms with E-state index in [2.05, 4.69) is 10.3 Å². The zero-order valence-corrected chi connectivity index (χ0v) is 27.6. The predicted molar refractivity (Wildman–Crippen MR) is 166 cm³/mol. The van der Waals surface area contributed by atoms with E-state index < -0.39 is 35.8 Å². The van der Waals surface area contributed by atoms with E-state index in [-0.39, 0.29) is 35.9 Å². The van der Waals surface area contributed by atoms with E-state index in [0.717, 1.165) is 12.0 Å². The maximum atomic E-state index is 14.0. The van der Waals surface area contributed by atoms with E-state index >= 15 is 0 Å². The second-order valence-electron chi connectivity index (χ2n) is 12.6. The van der Waals surface area contributed by atoms with Gasteiger partial charge in [-0.1, -0.05) is 12.1 Å². The number of likely N-dealkylation sites (tertiary alicyclic amines) is 1. The van der Waals surface area contributed by atoms with E-state index in [1.165, 1.54) is 31.2 Å². The van der Waals surface area contributed by atoms with Gasteiger partial charge in [0.25, 0.3) is 5.91 Å². The van der Waals surface area contributed by atoms with Gasteiger partial charge in [-0.25, -0.2) is 14.2 Å². The van der Waals surface area contributed by atoms with Crippen molar-refractivity contribution in [1.82, 2.24) is 29.6 Å². The molecule has 13 heteroatoms. The molecule has 0 saturated carbocycles. The number of methoxy groups -OCH3 is 1. The Labute approximate surface area is 264 Å². The number of carbonyl (C=O) groups is 4. The number of nitrogens with zero attached hydrogens (tertiary/aromatic N) is 5. The summed E-state index contributed by atoms with van der Waals surface area (Å²) in [6.07, 6.45) is 3.73. The van der Waals surface area contributed by atoms with Gasteiger partial charge in [-0.15, -0.1) is 0 Å². The average Bonchev–Trinajstić information content (AvgIpc) is 3.64. The van der Waals surface area contributed by atoms with Crippen LogP contribution in [0, 0.1) is 5.82 Å². The first-order valence-electron chi connectivity index (χ1n) is 15.2. The third kappa shape index (κ3) is 9.74. The van der Waals surface area contributed by atoms with Crippen LogP contribution in [0.15, 0.2) is 36.8 Å². The second kappa shape index (κ2) is 15.3. The molecule has 0 unspecified atom stereocenters. The molecular weight excluding hydrogens is 583 g/mol. The molecular formula is C32H47FN6O6. The zero-order valence-electron chi connectivity index (χ0n) is 27.6. The van der Waals surface area contributed by atoms with Gasteiger partial charge in [-0.2, -0.15) is 0 Å². The highest BCUT2D eigenvalue weighted by Crippen LogP contribution is 2.22. The topological polar surface area (TPSA) is 126 Å². The summed E-state index contributed by atoms with van der Waals surface area (Å²) in [7, 11) is 4.70. The maximum absolute atomic E-state index is 14.0. The molecule has 248 valence electrons. The summed E-state index contributed by atoms with van der Waals surface area (Å²) in [6.45, 7) is 9.49. The molecule has 4 amide bonds. The van der Waals surface area contributed by atoms with Gasteiger partial charge in [0.05, 0.1) is 12.4 Å². The molecule has 0 spiro atoms. The summed E-state index contributed by atoms with van der Waals surface area (Å²) >= 11 is 0. The van der Waals surface area contributed by atoms with Crippen LogP contribution in [0.25, 0.3) is 0 Å². The summed E-state index contributed by atoms with van der Waals surface area (Å²) in [4.78, 5) is 62.2. The lowest BCUT2D eigenvalue weighted by Gasteiger charge is -2.35. The van der Waals surface area contributed by atoms with E-state index in [0.29, 0.717) is 25.9 Å². The third-order valence-corrected chi connectivity index (χ3v) is 7.93. The van der Waals surface area contributed by atoms with Crippen molar-refractivity contribution in [2.75, 3.05) is 33.8 Å². The fraction of sp³-hybridized carbons (Fsp3) is 0.594. The molecule has 0 radical (unpaired) electrons. The number of nitrogens with one attached hydrogen (secondary N) is 1. The first-order chi connectivity index (χ1) is 21.1. The highest BCUT2D eigenvalue weighted by molar-refractivity contribution is 5.93. The fourth-order valence-corrected chi connectivity index (χ4v) is 5.08. The number of imidazole rings is 1. The van der Waals surface area contributed by atoms with Gasteiger partial charge in [0.2, 0.25) is 11.8 Å². The number of aryl methyl sites for hydroxylation is 1. The highest BCUT2D eigenvalue weighted by Gasteiger charge is 2.39. The predicted octanol–water partition coefficient (Wildman–Crippen LogP) is 3.01. The molecule has 4 atom stereocenters. The molecule has 12 nitrogen and oxygen atoms in total. The number of aromatic nitrogens is 2. The van der Waals surface area contributed by atoms with Gasteiger partial charge in [0.15, 0.2) is 0 Å². The molecule has 3 rings (SSSR count). The minimum atomic E-state index is -1.03. The largest absolute Gasteiger partial charge is 0.444 e. The Morgan fingerprint density at radius 3 is 2.40 bits per heavy atom. The molecule has 1 aromatic carbocycles. The number of rotatable bonds is 12. The SMILES string of the molecule is CO[C@H](C)[C@H](NC(=O)[C@H](C)N(C)C(=O)OC(C)(C)C)C(=O)N1CCC[C@H]1CN(CCc1ccc(F)cc1)C(=O)c1cn(C)cn1. The van der Waals surface area contributed by atoms with Crippen molar-refractivity contribution in [1.29, 1.82) is 0 Å². The quantitative estimate of drug-likeness (QED) is 0.382. The van der Waals surface area contributed by atoms with E-state index in [9.17, 15) is 23.6 Å². The van der Waals surface area contributed by atoms with Crippen molar-refractivity contribution in [3.8, 4) is 0 Å². The van der Waals surface area contributed by atoms with Crippen LogP contribution in [0.4, 0.5) is 9.18 Å². The molecule has 2 aromatic rings. The zero-order chi connectivity index (χ0) is 33.5. The molecule has 1 N–H and O–H groups in total. The first-order valence-corrected chi connectivity index (χ1v) is 15.2. The number of carbonyl (C=O) groups excluding carboxylic acids is 4. The molecule has 0 aliphatic carbocycles. The molecule has 0 bridgehead atoms. The smallest absolute Gasteiger partial charge is 0.410 e. The first kappa shape index (κ1) is 35.5. The van der Waals surface area contributed by atoms with Crippen LogP contribution in [0.1, 0.15) is 63.5 Å². The molecule has 1 fully saturated rings. The minimum Gasteiger partial charge on any atom is -0.444 e. The Kier molecular flexibility index (Phi) is 12.1. The molecule has 1 aliphatic heterocycles. The van der Waals surface area contributed by atoms with Crippen molar-refractivity contribution in [2.45, 2.75) is 83.7 Å². The normalized spacial score (nSPS) is 16.9. The summed E-state index contributed by atoms with van der Waals surface area (Å²) in [5, 5.41) is 2.79. The minimum absolute atomic E-state index is 0.252. The molecule has 45 heavy (non-hydrogen) atoms. The summed E-state index contributed by atoms with van der Waals surface area (Å²) in [5.41, 5.74) is 0.422. The molecule has 1 aromatic heterocycles. The van der Waals surface area contributed by atoms with Crippen molar-refractivity contribution in [2.24, 2.45) is 7.05 Å². The molecule has 1 saturated heterocycles. The summed E-state index contributed by atoms with van der Waals surface area (Å²) < 4.78 is 26.0. The number of amides is 4. The lowest BCUT2D eigenvalue weighted by atomic mass is 10.1. The highest BCUT2D eigenvalue weighted by atomic mass is 19.1. The number of ether oxygens (including phenoxy) is 2. The van der Waals surface area contributed by atoms with Crippen LogP contribution in [0.5, 0.6) is 0 Å². The lowest BCUT2D eigenvalue weighted by molar-refractivity contribution is -0.141. The maximum Gasteiger partial charge on any atom is 0.410 e. The number of hydrogen-bond donors (Lipinski definition) is 1. The summed E-state index contributed by atoms with van der Waals surface area (Å²) in [5.74, 6) is -1.48.